The molecule has 1 heterocycles. The Kier molecular flexibility index (Phi) is 2.51. The summed E-state index contributed by atoms with van der Waals surface area (Å²) in [5.74, 6) is -2.45. The fourth-order valence-corrected chi connectivity index (χ4v) is 1.91. The van der Waals surface area contributed by atoms with Gasteiger partial charge in [0.1, 0.15) is 0 Å². The Labute approximate surface area is 76.6 Å². The second-order valence-corrected chi connectivity index (χ2v) is 3.99. The summed E-state index contributed by atoms with van der Waals surface area (Å²) < 4.78 is 30.4. The summed E-state index contributed by atoms with van der Waals surface area (Å²) in [6, 6.07) is 0. The number of halogens is 2. The van der Waals surface area contributed by atoms with E-state index in [1.807, 2.05) is 0 Å². The molecule has 2 rings (SSSR count). The van der Waals surface area contributed by atoms with E-state index in [0.717, 1.165) is 25.9 Å². The van der Waals surface area contributed by atoms with Crippen molar-refractivity contribution < 1.29 is 13.5 Å². The summed E-state index contributed by atoms with van der Waals surface area (Å²) in [7, 11) is 0. The van der Waals surface area contributed by atoms with Crippen LogP contribution >= 0.6 is 0 Å². The Balaban J connectivity index is 1.68. The van der Waals surface area contributed by atoms with Crippen molar-refractivity contribution in [2.45, 2.75) is 43.8 Å². The van der Waals surface area contributed by atoms with Gasteiger partial charge in [0.05, 0.1) is 12.2 Å². The molecular formula is C9H15F2NO. The first kappa shape index (κ1) is 9.34. The zero-order chi connectivity index (χ0) is 9.31. The molecule has 1 aliphatic heterocycles. The zero-order valence-electron chi connectivity index (χ0n) is 7.56. The van der Waals surface area contributed by atoms with Crippen LogP contribution in [0.4, 0.5) is 8.78 Å². The van der Waals surface area contributed by atoms with E-state index in [-0.39, 0.29) is 25.0 Å². The van der Waals surface area contributed by atoms with Crippen LogP contribution in [0, 0.1) is 0 Å². The van der Waals surface area contributed by atoms with Crippen molar-refractivity contribution in [3.05, 3.63) is 0 Å². The number of ether oxygens (including phenoxy) is 1. The van der Waals surface area contributed by atoms with Crippen LogP contribution in [0.2, 0.25) is 0 Å². The lowest BCUT2D eigenvalue weighted by Crippen LogP contribution is -2.46. The molecule has 2 aliphatic rings. The van der Waals surface area contributed by atoms with Crippen LogP contribution in [0.3, 0.4) is 0 Å². The molecule has 0 amide bonds. The normalized spacial score (nSPS) is 34.2. The van der Waals surface area contributed by atoms with E-state index >= 15 is 0 Å². The molecule has 1 N–H and O–H groups in total. The van der Waals surface area contributed by atoms with Crippen LogP contribution in [0.5, 0.6) is 0 Å². The van der Waals surface area contributed by atoms with Gasteiger partial charge in [0.25, 0.3) is 5.92 Å². The third-order valence-corrected chi connectivity index (χ3v) is 2.69. The van der Waals surface area contributed by atoms with Gasteiger partial charge in [-0.15, -0.1) is 0 Å². The number of piperidine rings is 1. The molecule has 0 spiro atoms. The summed E-state index contributed by atoms with van der Waals surface area (Å²) in [4.78, 5) is 0. The predicted octanol–water partition coefficient (Wildman–Crippen LogP) is 1.55. The summed E-state index contributed by atoms with van der Waals surface area (Å²) in [5, 5.41) is 3.20. The van der Waals surface area contributed by atoms with Crippen LogP contribution in [0.15, 0.2) is 0 Å². The van der Waals surface area contributed by atoms with Crippen LogP contribution in [0.1, 0.15) is 25.7 Å². The van der Waals surface area contributed by atoms with E-state index in [1.54, 1.807) is 0 Å². The Bertz CT molecular complexity index is 172. The van der Waals surface area contributed by atoms with E-state index in [4.69, 9.17) is 4.74 Å². The molecule has 1 saturated carbocycles. The summed E-state index contributed by atoms with van der Waals surface area (Å²) in [6.07, 6.45) is 1.91. The van der Waals surface area contributed by atoms with Gasteiger partial charge in [-0.05, 0) is 19.4 Å². The van der Waals surface area contributed by atoms with Gasteiger partial charge in [-0.2, -0.15) is 0 Å². The summed E-state index contributed by atoms with van der Waals surface area (Å²) >= 11 is 0. The molecule has 1 saturated heterocycles. The second kappa shape index (κ2) is 3.50. The molecule has 0 aromatic heterocycles. The highest BCUT2D eigenvalue weighted by Gasteiger charge is 2.46. The van der Waals surface area contributed by atoms with Crippen LogP contribution in [-0.4, -0.2) is 31.2 Å². The average molecular weight is 191 g/mol. The maximum Gasteiger partial charge on any atom is 0.253 e. The molecule has 0 bridgehead atoms. The smallest absolute Gasteiger partial charge is 0.253 e. The van der Waals surface area contributed by atoms with Crippen molar-refractivity contribution in [2.75, 3.05) is 13.1 Å². The van der Waals surface area contributed by atoms with Gasteiger partial charge in [-0.3, -0.25) is 0 Å². The lowest BCUT2D eigenvalue weighted by atomic mass is 9.90. The number of rotatable bonds is 2. The number of alkyl halides is 2. The van der Waals surface area contributed by atoms with E-state index in [2.05, 4.69) is 5.32 Å². The Morgan fingerprint density at radius 1 is 1.23 bits per heavy atom. The van der Waals surface area contributed by atoms with Gasteiger partial charge in [-0.1, -0.05) is 0 Å². The minimum atomic E-state index is -2.45. The topological polar surface area (TPSA) is 21.3 Å². The summed E-state index contributed by atoms with van der Waals surface area (Å²) in [6.45, 7) is 1.85. The molecule has 76 valence electrons. The fraction of sp³-hybridized carbons (Fsp3) is 1.00. The van der Waals surface area contributed by atoms with Crippen molar-refractivity contribution in [1.29, 1.82) is 0 Å². The van der Waals surface area contributed by atoms with Crippen molar-refractivity contribution in [1.82, 2.24) is 5.32 Å². The first-order chi connectivity index (χ1) is 6.16. The van der Waals surface area contributed by atoms with Gasteiger partial charge in [0.15, 0.2) is 0 Å². The highest BCUT2D eigenvalue weighted by molar-refractivity contribution is 4.88. The quantitative estimate of drug-likeness (QED) is 0.715. The average Bonchev–Trinajstić information content (AvgIpc) is 2.03. The molecule has 1 atom stereocenters. The molecule has 4 heteroatoms. The maximum atomic E-state index is 12.4. The highest BCUT2D eigenvalue weighted by atomic mass is 19.3. The van der Waals surface area contributed by atoms with Gasteiger partial charge in [0.2, 0.25) is 0 Å². The largest absolute Gasteiger partial charge is 0.373 e. The van der Waals surface area contributed by atoms with Crippen molar-refractivity contribution in [3.8, 4) is 0 Å². The predicted molar refractivity (Wildman–Crippen MR) is 44.9 cm³/mol. The SMILES string of the molecule is FC1(F)CC(OC2CCCNC2)C1. The van der Waals surface area contributed by atoms with Crippen LogP contribution in [-0.2, 0) is 4.74 Å². The van der Waals surface area contributed by atoms with E-state index in [9.17, 15) is 8.78 Å². The lowest BCUT2D eigenvalue weighted by molar-refractivity contribution is -0.183. The van der Waals surface area contributed by atoms with E-state index in [0.29, 0.717) is 0 Å². The number of hydrogen-bond acceptors (Lipinski definition) is 2. The van der Waals surface area contributed by atoms with Crippen molar-refractivity contribution in [2.24, 2.45) is 0 Å². The number of hydrogen-bond donors (Lipinski definition) is 1. The maximum absolute atomic E-state index is 12.4. The van der Waals surface area contributed by atoms with Crippen LogP contribution in [0.25, 0.3) is 0 Å². The first-order valence-corrected chi connectivity index (χ1v) is 4.90. The molecular weight excluding hydrogens is 176 g/mol. The second-order valence-electron chi connectivity index (χ2n) is 3.99. The third kappa shape index (κ3) is 2.38. The van der Waals surface area contributed by atoms with Gasteiger partial charge in [-0.25, -0.2) is 8.78 Å². The van der Waals surface area contributed by atoms with Crippen molar-refractivity contribution in [3.63, 3.8) is 0 Å². The molecule has 0 aromatic carbocycles. The molecule has 1 aliphatic carbocycles. The molecule has 0 radical (unpaired) electrons. The third-order valence-electron chi connectivity index (χ3n) is 2.69. The fourth-order valence-electron chi connectivity index (χ4n) is 1.91. The van der Waals surface area contributed by atoms with Gasteiger partial charge < -0.3 is 10.1 Å². The monoisotopic (exact) mass is 191 g/mol. The molecule has 13 heavy (non-hydrogen) atoms. The molecule has 2 fully saturated rings. The van der Waals surface area contributed by atoms with E-state index in [1.165, 1.54) is 0 Å². The van der Waals surface area contributed by atoms with Gasteiger partial charge in [0, 0.05) is 19.4 Å². The van der Waals surface area contributed by atoms with Crippen LogP contribution < -0.4 is 5.32 Å². The minimum Gasteiger partial charge on any atom is -0.373 e. The standard InChI is InChI=1S/C9H15F2NO/c10-9(11)4-8(5-9)13-7-2-1-3-12-6-7/h7-8,12H,1-6H2. The molecule has 1 unspecified atom stereocenters. The Morgan fingerprint density at radius 2 is 2.00 bits per heavy atom. The Morgan fingerprint density at radius 3 is 2.54 bits per heavy atom. The van der Waals surface area contributed by atoms with Crippen molar-refractivity contribution >= 4 is 0 Å². The Hall–Kier alpha value is -0.220. The first-order valence-electron chi connectivity index (χ1n) is 4.90. The minimum absolute atomic E-state index is 0.0799. The molecule has 2 nitrogen and oxygen atoms in total. The number of nitrogens with one attached hydrogen (secondary N) is 1. The van der Waals surface area contributed by atoms with Gasteiger partial charge >= 0.3 is 0 Å². The zero-order valence-corrected chi connectivity index (χ0v) is 7.56. The summed E-state index contributed by atoms with van der Waals surface area (Å²) in [5.41, 5.74) is 0. The lowest BCUT2D eigenvalue weighted by Gasteiger charge is -2.38. The highest BCUT2D eigenvalue weighted by Crippen LogP contribution is 2.40. The van der Waals surface area contributed by atoms with E-state index < -0.39 is 5.92 Å². The molecule has 0 aromatic rings.